The maximum absolute atomic E-state index is 13.1. The number of aldehydes is 1. The first-order chi connectivity index (χ1) is 15.5. The number of hydrogen-bond donors (Lipinski definition) is 2. The predicted octanol–water partition coefficient (Wildman–Crippen LogP) is 3.26. The standard InChI is InChI=1S/C26H34N2O4/c1-3-21(15-16-29)25(31)24(23(30)18-20-13-7-4-5-8-14-20)28-26(32)22(27-2)17-19-11-9-6-10-12-19/h6,9-12,15-16,18,22,24,27H,3-5,7-8,13-14,17H2,1-2H3,(H,28,32)/b21-15+/t22?,24-/m1/s1. The van der Waals surface area contributed by atoms with Gasteiger partial charge in [0.15, 0.2) is 17.6 Å². The van der Waals surface area contributed by atoms with E-state index in [1.807, 2.05) is 30.3 Å². The summed E-state index contributed by atoms with van der Waals surface area (Å²) in [5, 5.41) is 5.64. The zero-order valence-electron chi connectivity index (χ0n) is 19.1. The van der Waals surface area contributed by atoms with Gasteiger partial charge in [-0.2, -0.15) is 0 Å². The van der Waals surface area contributed by atoms with Crippen molar-refractivity contribution in [2.75, 3.05) is 7.05 Å². The number of allylic oxidation sites excluding steroid dienone is 2. The summed E-state index contributed by atoms with van der Waals surface area (Å²) < 4.78 is 0. The van der Waals surface area contributed by atoms with Gasteiger partial charge in [0.2, 0.25) is 5.91 Å². The summed E-state index contributed by atoms with van der Waals surface area (Å²) in [4.78, 5) is 50.3. The molecule has 1 aromatic rings. The predicted molar refractivity (Wildman–Crippen MR) is 125 cm³/mol. The van der Waals surface area contributed by atoms with Gasteiger partial charge in [0, 0.05) is 5.57 Å². The Morgan fingerprint density at radius 1 is 1.03 bits per heavy atom. The van der Waals surface area contributed by atoms with Gasteiger partial charge in [-0.25, -0.2) is 0 Å². The molecular weight excluding hydrogens is 404 g/mol. The number of likely N-dealkylation sites (N-methyl/N-ethyl adjacent to an activating group) is 1. The summed E-state index contributed by atoms with van der Waals surface area (Å²) in [6.45, 7) is 1.74. The number of carbonyl (C=O) groups is 4. The summed E-state index contributed by atoms with van der Waals surface area (Å²) in [5.41, 5.74) is 2.21. The first kappa shape index (κ1) is 25.4. The summed E-state index contributed by atoms with van der Waals surface area (Å²) in [5.74, 6) is -1.39. The second-order valence-electron chi connectivity index (χ2n) is 8.14. The number of nitrogens with one attached hydrogen (secondary N) is 2. The van der Waals surface area contributed by atoms with Crippen LogP contribution in [0.4, 0.5) is 0 Å². The van der Waals surface area contributed by atoms with Crippen molar-refractivity contribution in [3.8, 4) is 0 Å². The lowest BCUT2D eigenvalue weighted by atomic mass is 9.95. The molecule has 6 heteroatoms. The van der Waals surface area contributed by atoms with E-state index >= 15 is 0 Å². The number of carbonyl (C=O) groups excluding carboxylic acids is 4. The fourth-order valence-corrected chi connectivity index (χ4v) is 3.94. The molecular formula is C26H34N2O4. The van der Waals surface area contributed by atoms with Gasteiger partial charge in [-0.15, -0.1) is 0 Å². The molecule has 32 heavy (non-hydrogen) atoms. The Balaban J connectivity index is 2.26. The van der Waals surface area contributed by atoms with Crippen LogP contribution >= 0.6 is 0 Å². The second kappa shape index (κ2) is 13.5. The lowest BCUT2D eigenvalue weighted by Gasteiger charge is -2.21. The number of hydrogen-bond acceptors (Lipinski definition) is 5. The molecule has 1 aromatic carbocycles. The van der Waals surface area contributed by atoms with Crippen molar-refractivity contribution >= 4 is 23.8 Å². The SMILES string of the molecule is CC/C(=C\C=O)C(=O)[C@H](NC(=O)C(Cc1ccccc1)NC)C(=O)C=C1CCCCCC1. The van der Waals surface area contributed by atoms with Crippen LogP contribution in [0.2, 0.25) is 0 Å². The number of benzene rings is 1. The molecule has 1 fully saturated rings. The number of amides is 1. The highest BCUT2D eigenvalue weighted by atomic mass is 16.2. The van der Waals surface area contributed by atoms with E-state index in [1.54, 1.807) is 14.0 Å². The fourth-order valence-electron chi connectivity index (χ4n) is 3.94. The van der Waals surface area contributed by atoms with Gasteiger partial charge in [0.05, 0.1) is 6.04 Å². The zero-order chi connectivity index (χ0) is 23.3. The number of ketones is 2. The second-order valence-corrected chi connectivity index (χ2v) is 8.14. The smallest absolute Gasteiger partial charge is 0.238 e. The molecule has 0 saturated heterocycles. The van der Waals surface area contributed by atoms with E-state index in [0.29, 0.717) is 19.1 Å². The van der Waals surface area contributed by atoms with E-state index in [0.717, 1.165) is 49.7 Å². The van der Waals surface area contributed by atoms with Gasteiger partial charge in [-0.3, -0.25) is 19.2 Å². The number of rotatable bonds is 11. The molecule has 0 bridgehead atoms. The molecule has 2 N–H and O–H groups in total. The third-order valence-electron chi connectivity index (χ3n) is 5.84. The van der Waals surface area contributed by atoms with Gasteiger partial charge < -0.3 is 10.6 Å². The molecule has 0 aromatic heterocycles. The third-order valence-corrected chi connectivity index (χ3v) is 5.84. The lowest BCUT2D eigenvalue weighted by Crippen LogP contribution is -2.53. The molecule has 1 unspecified atom stereocenters. The fraction of sp³-hybridized carbons (Fsp3) is 0.462. The minimum atomic E-state index is -1.34. The Morgan fingerprint density at radius 2 is 1.69 bits per heavy atom. The van der Waals surface area contributed by atoms with Crippen LogP contribution in [0.3, 0.4) is 0 Å². The van der Waals surface area contributed by atoms with Crippen molar-refractivity contribution < 1.29 is 19.2 Å². The van der Waals surface area contributed by atoms with E-state index in [2.05, 4.69) is 10.6 Å². The molecule has 1 amide bonds. The summed E-state index contributed by atoms with van der Waals surface area (Å²) >= 11 is 0. The quantitative estimate of drug-likeness (QED) is 0.239. The average molecular weight is 439 g/mol. The third kappa shape index (κ3) is 7.68. The van der Waals surface area contributed by atoms with Crippen LogP contribution in [0.15, 0.2) is 53.6 Å². The van der Waals surface area contributed by atoms with Gasteiger partial charge in [-0.1, -0.05) is 55.7 Å². The van der Waals surface area contributed by atoms with Crippen LogP contribution in [-0.4, -0.2) is 42.9 Å². The van der Waals surface area contributed by atoms with Crippen molar-refractivity contribution in [1.29, 1.82) is 0 Å². The van der Waals surface area contributed by atoms with Crippen molar-refractivity contribution in [2.24, 2.45) is 0 Å². The van der Waals surface area contributed by atoms with Crippen LogP contribution in [0.5, 0.6) is 0 Å². The van der Waals surface area contributed by atoms with Crippen LogP contribution in [-0.2, 0) is 25.6 Å². The van der Waals surface area contributed by atoms with Crippen molar-refractivity contribution in [3.05, 3.63) is 59.2 Å². The minimum absolute atomic E-state index is 0.224. The Bertz CT molecular complexity index is 848. The molecule has 1 aliphatic carbocycles. The van der Waals surface area contributed by atoms with E-state index in [-0.39, 0.29) is 5.57 Å². The molecule has 0 aliphatic heterocycles. The molecule has 2 rings (SSSR count). The topological polar surface area (TPSA) is 92.3 Å². The van der Waals surface area contributed by atoms with Gasteiger partial charge in [-0.05, 0) is 63.3 Å². The zero-order valence-corrected chi connectivity index (χ0v) is 19.1. The molecule has 1 saturated carbocycles. The van der Waals surface area contributed by atoms with Crippen LogP contribution in [0.25, 0.3) is 0 Å². The van der Waals surface area contributed by atoms with Crippen LogP contribution in [0.1, 0.15) is 57.4 Å². The summed E-state index contributed by atoms with van der Waals surface area (Å²) in [6.07, 6.45) is 9.94. The number of Topliss-reactive ketones (excluding diaryl/α,β-unsaturated/α-hetero) is 1. The Kier molecular flexibility index (Phi) is 10.7. The molecule has 1 aliphatic rings. The first-order valence-corrected chi connectivity index (χ1v) is 11.4. The van der Waals surface area contributed by atoms with Gasteiger partial charge in [0.25, 0.3) is 0 Å². The van der Waals surface area contributed by atoms with Crippen LogP contribution in [0, 0.1) is 0 Å². The summed E-state index contributed by atoms with van der Waals surface area (Å²) in [6, 6.07) is 7.59. The van der Waals surface area contributed by atoms with Gasteiger partial charge in [0.1, 0.15) is 6.29 Å². The molecule has 2 atom stereocenters. The molecule has 172 valence electrons. The van der Waals surface area contributed by atoms with Gasteiger partial charge >= 0.3 is 0 Å². The first-order valence-electron chi connectivity index (χ1n) is 11.4. The van der Waals surface area contributed by atoms with E-state index in [4.69, 9.17) is 0 Å². The monoisotopic (exact) mass is 438 g/mol. The van der Waals surface area contributed by atoms with Crippen molar-refractivity contribution in [3.63, 3.8) is 0 Å². The van der Waals surface area contributed by atoms with Crippen molar-refractivity contribution in [1.82, 2.24) is 10.6 Å². The highest BCUT2D eigenvalue weighted by Crippen LogP contribution is 2.22. The Morgan fingerprint density at radius 3 is 2.25 bits per heavy atom. The maximum Gasteiger partial charge on any atom is 0.238 e. The molecule has 0 radical (unpaired) electrons. The highest BCUT2D eigenvalue weighted by Gasteiger charge is 2.31. The van der Waals surface area contributed by atoms with E-state index < -0.39 is 29.6 Å². The van der Waals surface area contributed by atoms with Crippen molar-refractivity contribution in [2.45, 2.75) is 70.4 Å². The van der Waals surface area contributed by atoms with E-state index in [9.17, 15) is 19.2 Å². The lowest BCUT2D eigenvalue weighted by molar-refractivity contribution is -0.132. The maximum atomic E-state index is 13.1. The highest BCUT2D eigenvalue weighted by molar-refractivity contribution is 6.19. The van der Waals surface area contributed by atoms with Crippen LogP contribution < -0.4 is 10.6 Å². The minimum Gasteiger partial charge on any atom is -0.338 e. The Labute approximate surface area is 190 Å². The normalized spacial score (nSPS) is 16.4. The summed E-state index contributed by atoms with van der Waals surface area (Å²) in [7, 11) is 1.67. The Hall–Kier alpha value is -2.86. The molecule has 6 nitrogen and oxygen atoms in total. The largest absolute Gasteiger partial charge is 0.338 e. The molecule has 0 heterocycles. The van der Waals surface area contributed by atoms with E-state index in [1.165, 1.54) is 12.2 Å². The molecule has 0 spiro atoms. The average Bonchev–Trinajstić information content (AvgIpc) is 3.08.